The molecule has 1 saturated heterocycles. The van der Waals surface area contributed by atoms with Gasteiger partial charge in [0.15, 0.2) is 0 Å². The van der Waals surface area contributed by atoms with Gasteiger partial charge in [0.2, 0.25) is 5.91 Å². The molecule has 0 radical (unpaired) electrons. The van der Waals surface area contributed by atoms with Crippen LogP contribution >= 0.6 is 0 Å². The van der Waals surface area contributed by atoms with Crippen LogP contribution in [0.5, 0.6) is 0 Å². The lowest BCUT2D eigenvalue weighted by molar-refractivity contribution is -0.121. The van der Waals surface area contributed by atoms with Crippen LogP contribution in [0.15, 0.2) is 48.5 Å². The van der Waals surface area contributed by atoms with Crippen LogP contribution in [0.25, 0.3) is 0 Å². The van der Waals surface area contributed by atoms with Gasteiger partial charge in [-0.1, -0.05) is 24.3 Å². The fourth-order valence-corrected chi connectivity index (χ4v) is 3.56. The maximum absolute atomic E-state index is 13.3. The van der Waals surface area contributed by atoms with E-state index in [4.69, 9.17) is 9.84 Å². The topological polar surface area (TPSA) is 75.6 Å². The number of carboxylic acid groups (broad SMARTS) is 1. The van der Waals surface area contributed by atoms with Crippen LogP contribution in [0.3, 0.4) is 0 Å². The Kier molecular flexibility index (Phi) is 6.41. The summed E-state index contributed by atoms with van der Waals surface area (Å²) >= 11 is 0. The molecule has 0 atom stereocenters. The van der Waals surface area contributed by atoms with E-state index in [-0.39, 0.29) is 22.7 Å². The van der Waals surface area contributed by atoms with Crippen molar-refractivity contribution in [3.05, 3.63) is 71.0 Å². The normalized spacial score (nSPS) is 15.8. The van der Waals surface area contributed by atoms with E-state index < -0.39 is 5.97 Å². The number of amides is 1. The van der Waals surface area contributed by atoms with Crippen molar-refractivity contribution in [2.75, 3.05) is 19.8 Å². The molecule has 6 heteroatoms. The van der Waals surface area contributed by atoms with Crippen molar-refractivity contribution in [2.24, 2.45) is 0 Å². The van der Waals surface area contributed by atoms with Gasteiger partial charge in [-0.15, -0.1) is 0 Å². The van der Waals surface area contributed by atoms with Crippen molar-refractivity contribution in [3.63, 3.8) is 0 Å². The van der Waals surface area contributed by atoms with Crippen molar-refractivity contribution >= 4 is 11.9 Å². The van der Waals surface area contributed by atoms with Gasteiger partial charge in [-0.05, 0) is 54.7 Å². The Balaban J connectivity index is 1.57. The van der Waals surface area contributed by atoms with E-state index in [1.54, 1.807) is 36.4 Å². The van der Waals surface area contributed by atoms with E-state index in [0.29, 0.717) is 32.6 Å². The first kappa shape index (κ1) is 20.0. The number of aromatic carboxylic acids is 1. The first-order chi connectivity index (χ1) is 13.5. The predicted molar refractivity (Wildman–Crippen MR) is 103 cm³/mol. The highest BCUT2D eigenvalue weighted by atomic mass is 19.1. The standard InChI is InChI=1S/C22H24FNO4/c23-19-8-6-18(7-9-19)22(11-13-28-14-12-22)15-24-20(25)10-3-16-1-4-17(5-2-16)21(26)27/h1-2,4-9H,3,10-15H2,(H,24,25)(H,26,27). The Hall–Kier alpha value is -2.73. The fourth-order valence-electron chi connectivity index (χ4n) is 3.56. The van der Waals surface area contributed by atoms with Crippen LogP contribution in [0.4, 0.5) is 4.39 Å². The maximum atomic E-state index is 13.3. The van der Waals surface area contributed by atoms with Gasteiger partial charge in [-0.3, -0.25) is 4.79 Å². The number of rotatable bonds is 7. The average molecular weight is 385 g/mol. The van der Waals surface area contributed by atoms with Crippen LogP contribution in [0, 0.1) is 5.82 Å². The van der Waals surface area contributed by atoms with Crippen LogP contribution < -0.4 is 5.32 Å². The molecule has 0 aliphatic carbocycles. The summed E-state index contributed by atoms with van der Waals surface area (Å²) in [7, 11) is 0. The number of ether oxygens (including phenoxy) is 1. The molecule has 1 amide bonds. The quantitative estimate of drug-likeness (QED) is 0.767. The highest BCUT2D eigenvalue weighted by molar-refractivity contribution is 5.87. The van der Waals surface area contributed by atoms with Gasteiger partial charge in [0.05, 0.1) is 5.56 Å². The molecule has 0 spiro atoms. The zero-order valence-corrected chi connectivity index (χ0v) is 15.6. The van der Waals surface area contributed by atoms with Crippen LogP contribution in [-0.4, -0.2) is 36.7 Å². The second kappa shape index (κ2) is 8.97. The molecule has 0 saturated carbocycles. The lowest BCUT2D eigenvalue weighted by atomic mass is 9.74. The van der Waals surface area contributed by atoms with Crippen LogP contribution in [0.2, 0.25) is 0 Å². The number of carbonyl (C=O) groups excluding carboxylic acids is 1. The molecule has 1 fully saturated rings. The molecule has 1 aliphatic rings. The molecule has 0 bridgehead atoms. The third-order valence-electron chi connectivity index (χ3n) is 5.37. The molecule has 5 nitrogen and oxygen atoms in total. The minimum Gasteiger partial charge on any atom is -0.478 e. The zero-order chi connectivity index (χ0) is 20.0. The SMILES string of the molecule is O=C(CCc1ccc(C(=O)O)cc1)NCC1(c2ccc(F)cc2)CCOCC1. The summed E-state index contributed by atoms with van der Waals surface area (Å²) in [6.45, 7) is 1.71. The number of benzene rings is 2. The molecule has 2 N–H and O–H groups in total. The number of hydrogen-bond acceptors (Lipinski definition) is 3. The molecule has 0 unspecified atom stereocenters. The third-order valence-corrected chi connectivity index (χ3v) is 5.37. The van der Waals surface area contributed by atoms with Crippen LogP contribution in [-0.2, 0) is 21.4 Å². The van der Waals surface area contributed by atoms with Gasteiger partial charge in [0.25, 0.3) is 0 Å². The Morgan fingerprint density at radius 1 is 1.04 bits per heavy atom. The fraction of sp³-hybridized carbons (Fsp3) is 0.364. The van der Waals surface area contributed by atoms with E-state index in [9.17, 15) is 14.0 Å². The molecule has 2 aromatic rings. The molecular weight excluding hydrogens is 361 g/mol. The van der Waals surface area contributed by atoms with E-state index in [1.165, 1.54) is 12.1 Å². The van der Waals surface area contributed by atoms with Gasteiger partial charge in [0, 0.05) is 31.6 Å². The Morgan fingerprint density at radius 2 is 1.68 bits per heavy atom. The smallest absolute Gasteiger partial charge is 0.335 e. The maximum Gasteiger partial charge on any atom is 0.335 e. The number of hydrogen-bond donors (Lipinski definition) is 2. The summed E-state index contributed by atoms with van der Waals surface area (Å²) in [5, 5.41) is 12.0. The summed E-state index contributed by atoms with van der Waals surface area (Å²) in [4.78, 5) is 23.3. The largest absolute Gasteiger partial charge is 0.478 e. The number of halogens is 1. The van der Waals surface area contributed by atoms with Crippen molar-refractivity contribution < 1.29 is 23.8 Å². The third kappa shape index (κ3) is 4.95. The van der Waals surface area contributed by atoms with E-state index >= 15 is 0 Å². The van der Waals surface area contributed by atoms with Crippen molar-refractivity contribution in [2.45, 2.75) is 31.1 Å². The summed E-state index contributed by atoms with van der Waals surface area (Å²) in [6.07, 6.45) is 2.41. The summed E-state index contributed by atoms with van der Waals surface area (Å²) in [6, 6.07) is 13.0. The number of carboxylic acids is 1. The Labute approximate surface area is 163 Å². The Morgan fingerprint density at radius 3 is 2.29 bits per heavy atom. The molecule has 1 aliphatic heterocycles. The molecule has 0 aromatic heterocycles. The first-order valence-corrected chi connectivity index (χ1v) is 9.41. The first-order valence-electron chi connectivity index (χ1n) is 9.41. The Bertz CT molecular complexity index is 811. The minimum absolute atomic E-state index is 0.0599. The second-order valence-corrected chi connectivity index (χ2v) is 7.18. The highest BCUT2D eigenvalue weighted by Crippen LogP contribution is 2.34. The average Bonchev–Trinajstić information content (AvgIpc) is 2.72. The molecule has 28 heavy (non-hydrogen) atoms. The molecule has 148 valence electrons. The van der Waals surface area contributed by atoms with Gasteiger partial charge < -0.3 is 15.2 Å². The van der Waals surface area contributed by atoms with E-state index in [1.807, 2.05) is 0 Å². The van der Waals surface area contributed by atoms with Crippen LogP contribution in [0.1, 0.15) is 40.7 Å². The van der Waals surface area contributed by atoms with Crippen molar-refractivity contribution in [3.8, 4) is 0 Å². The molecule has 1 heterocycles. The lowest BCUT2D eigenvalue weighted by Crippen LogP contribution is -2.44. The minimum atomic E-state index is -0.966. The van der Waals surface area contributed by atoms with Crippen molar-refractivity contribution in [1.29, 1.82) is 0 Å². The van der Waals surface area contributed by atoms with E-state index in [0.717, 1.165) is 24.0 Å². The second-order valence-electron chi connectivity index (χ2n) is 7.18. The van der Waals surface area contributed by atoms with Gasteiger partial charge in [-0.25, -0.2) is 9.18 Å². The van der Waals surface area contributed by atoms with Gasteiger partial charge >= 0.3 is 5.97 Å². The number of carbonyl (C=O) groups is 2. The molecule has 2 aromatic carbocycles. The molecule has 3 rings (SSSR count). The monoisotopic (exact) mass is 385 g/mol. The summed E-state index contributed by atoms with van der Waals surface area (Å²) in [5.41, 5.74) is 1.92. The predicted octanol–water partition coefficient (Wildman–Crippen LogP) is 3.32. The summed E-state index contributed by atoms with van der Waals surface area (Å²) < 4.78 is 18.8. The molecular formula is C22H24FNO4. The van der Waals surface area contributed by atoms with E-state index in [2.05, 4.69) is 5.32 Å². The van der Waals surface area contributed by atoms with Crippen molar-refractivity contribution in [1.82, 2.24) is 5.32 Å². The van der Waals surface area contributed by atoms with Gasteiger partial charge in [0.1, 0.15) is 5.82 Å². The lowest BCUT2D eigenvalue weighted by Gasteiger charge is -2.38. The zero-order valence-electron chi connectivity index (χ0n) is 15.6. The van der Waals surface area contributed by atoms with Gasteiger partial charge in [-0.2, -0.15) is 0 Å². The highest BCUT2D eigenvalue weighted by Gasteiger charge is 2.34. The number of nitrogens with one attached hydrogen (secondary N) is 1. The number of aryl methyl sites for hydroxylation is 1. The summed E-state index contributed by atoms with van der Waals surface area (Å²) in [5.74, 6) is -1.30.